The average Bonchev–Trinajstić information content (AvgIpc) is 3.18. The number of amides is 1. The van der Waals surface area contributed by atoms with Crippen LogP contribution in [0.25, 0.3) is 16.8 Å². The van der Waals surface area contributed by atoms with Crippen LogP contribution in [0.2, 0.25) is 0 Å². The molecule has 1 aliphatic heterocycles. The molecule has 36 heavy (non-hydrogen) atoms. The fourth-order valence-corrected chi connectivity index (χ4v) is 6.13. The van der Waals surface area contributed by atoms with Gasteiger partial charge in [-0.05, 0) is 71.7 Å². The van der Waals surface area contributed by atoms with Crippen molar-refractivity contribution in [2.45, 2.75) is 52.5 Å². The van der Waals surface area contributed by atoms with Crippen LogP contribution >= 0.6 is 11.8 Å². The quantitative estimate of drug-likeness (QED) is 0.323. The van der Waals surface area contributed by atoms with Gasteiger partial charge in [0.05, 0.1) is 17.2 Å². The summed E-state index contributed by atoms with van der Waals surface area (Å²) in [4.78, 5) is 21.5. The first-order valence-electron chi connectivity index (χ1n) is 13.0. The van der Waals surface area contributed by atoms with Gasteiger partial charge in [-0.3, -0.25) is 9.69 Å². The van der Waals surface area contributed by atoms with Crippen LogP contribution in [-0.4, -0.2) is 28.6 Å². The molecule has 4 nitrogen and oxygen atoms in total. The summed E-state index contributed by atoms with van der Waals surface area (Å²) in [5.41, 5.74) is 1.90. The Morgan fingerprint density at radius 3 is 2.47 bits per heavy atom. The molecule has 1 amide bonds. The molecule has 2 aliphatic rings. The Labute approximate surface area is 218 Å². The largest absolute Gasteiger partial charge is 0.493 e. The van der Waals surface area contributed by atoms with E-state index in [0.717, 1.165) is 57.1 Å². The fourth-order valence-electron chi connectivity index (χ4n) is 5.09. The molecular formula is C31H34N2O2S. The summed E-state index contributed by atoms with van der Waals surface area (Å²) >= 11 is 1.50. The maximum atomic E-state index is 13.9. The molecule has 1 aliphatic carbocycles. The van der Waals surface area contributed by atoms with E-state index in [1.54, 1.807) is 0 Å². The van der Waals surface area contributed by atoms with Gasteiger partial charge in [-0.15, -0.1) is 0 Å². The Bertz CT molecular complexity index is 1300. The Morgan fingerprint density at radius 2 is 1.72 bits per heavy atom. The average molecular weight is 499 g/mol. The van der Waals surface area contributed by atoms with Crippen molar-refractivity contribution >= 4 is 45.4 Å². The van der Waals surface area contributed by atoms with Crippen LogP contribution in [0.15, 0.2) is 76.6 Å². The minimum absolute atomic E-state index is 0.0673. The summed E-state index contributed by atoms with van der Waals surface area (Å²) in [6.45, 7) is 7.24. The van der Waals surface area contributed by atoms with Crippen LogP contribution in [0.5, 0.6) is 5.75 Å². The highest BCUT2D eigenvalue weighted by atomic mass is 32.2. The number of hydrogen-bond donors (Lipinski definition) is 0. The molecule has 0 aromatic heterocycles. The molecule has 1 heterocycles. The second-order valence-electron chi connectivity index (χ2n) is 10.2. The van der Waals surface area contributed by atoms with Gasteiger partial charge in [-0.25, -0.2) is 4.99 Å². The minimum atomic E-state index is 0.0673. The first-order chi connectivity index (χ1) is 17.5. The van der Waals surface area contributed by atoms with Crippen LogP contribution < -0.4 is 4.74 Å². The molecule has 0 bridgehead atoms. The first kappa shape index (κ1) is 24.6. The Balaban J connectivity index is 1.54. The number of hydrogen-bond acceptors (Lipinski definition) is 4. The Morgan fingerprint density at radius 1 is 1.00 bits per heavy atom. The molecule has 186 valence electrons. The van der Waals surface area contributed by atoms with Gasteiger partial charge in [0.25, 0.3) is 5.91 Å². The van der Waals surface area contributed by atoms with Crippen LogP contribution in [-0.2, 0) is 4.79 Å². The zero-order valence-corrected chi connectivity index (χ0v) is 22.1. The third-order valence-corrected chi connectivity index (χ3v) is 7.98. The SMILES string of the molecule is CC(C)COc1ccc(/C=C2\SC(=Nc3ccccc3)N([C@@H]3CCCC[C@@H]3C)C2=O)c2ccccc12. The summed E-state index contributed by atoms with van der Waals surface area (Å²) in [5.74, 6) is 1.86. The van der Waals surface area contributed by atoms with Crippen molar-refractivity contribution in [2.24, 2.45) is 16.8 Å². The highest BCUT2D eigenvalue weighted by Gasteiger charge is 2.41. The molecule has 0 unspecified atom stereocenters. The third kappa shape index (κ3) is 5.22. The monoisotopic (exact) mass is 498 g/mol. The molecule has 5 heteroatoms. The van der Waals surface area contributed by atoms with Crippen molar-refractivity contribution in [1.29, 1.82) is 0 Å². The highest BCUT2D eigenvalue weighted by molar-refractivity contribution is 8.18. The van der Waals surface area contributed by atoms with E-state index in [1.165, 1.54) is 18.2 Å². The van der Waals surface area contributed by atoms with Gasteiger partial charge < -0.3 is 4.74 Å². The molecule has 0 radical (unpaired) electrons. The molecule has 0 N–H and O–H groups in total. The number of ether oxygens (including phenoxy) is 1. The number of para-hydroxylation sites is 1. The lowest BCUT2D eigenvalue weighted by atomic mass is 9.85. The van der Waals surface area contributed by atoms with Crippen molar-refractivity contribution in [1.82, 2.24) is 4.90 Å². The molecule has 2 fully saturated rings. The number of fused-ring (bicyclic) bond motifs is 1. The summed E-state index contributed by atoms with van der Waals surface area (Å²) in [5, 5.41) is 2.95. The number of amidine groups is 1. The van der Waals surface area contributed by atoms with Gasteiger partial charge in [0.2, 0.25) is 0 Å². The third-order valence-electron chi connectivity index (χ3n) is 6.99. The van der Waals surface area contributed by atoms with Crippen molar-refractivity contribution in [3.8, 4) is 5.75 Å². The predicted octanol–water partition coefficient (Wildman–Crippen LogP) is 8.06. The van der Waals surface area contributed by atoms with Crippen molar-refractivity contribution < 1.29 is 9.53 Å². The van der Waals surface area contributed by atoms with E-state index in [0.29, 0.717) is 18.4 Å². The summed E-state index contributed by atoms with van der Waals surface area (Å²) < 4.78 is 6.10. The van der Waals surface area contributed by atoms with E-state index in [4.69, 9.17) is 9.73 Å². The zero-order valence-electron chi connectivity index (χ0n) is 21.3. The van der Waals surface area contributed by atoms with Gasteiger partial charge in [-0.2, -0.15) is 0 Å². The standard InChI is InChI=1S/C31H34N2O2S/c1-21(2)20-35-28-18-17-23(25-14-8-9-15-26(25)28)19-29-30(34)33(27-16-10-7-11-22(27)3)31(36-29)32-24-12-5-4-6-13-24/h4-6,8-9,12-15,17-19,21-22,27H,7,10-11,16,20H2,1-3H3/b29-19-,32-31?/t22-,27+/m0/s1. The van der Waals surface area contributed by atoms with E-state index in [2.05, 4.69) is 39.0 Å². The van der Waals surface area contributed by atoms with Crippen LogP contribution in [0.3, 0.4) is 0 Å². The Kier molecular flexibility index (Phi) is 7.47. The maximum Gasteiger partial charge on any atom is 0.267 e. The number of carbonyl (C=O) groups excluding carboxylic acids is 1. The van der Waals surface area contributed by atoms with Gasteiger partial charge in [0.15, 0.2) is 5.17 Å². The van der Waals surface area contributed by atoms with Gasteiger partial charge in [-0.1, -0.05) is 82.1 Å². The summed E-state index contributed by atoms with van der Waals surface area (Å²) in [6.07, 6.45) is 6.61. The zero-order chi connectivity index (χ0) is 25.1. The number of nitrogens with zero attached hydrogens (tertiary/aromatic N) is 2. The molecule has 1 saturated carbocycles. The summed E-state index contributed by atoms with van der Waals surface area (Å²) in [6, 6.07) is 22.5. The molecule has 2 atom stereocenters. The lowest BCUT2D eigenvalue weighted by molar-refractivity contribution is -0.124. The molecule has 3 aromatic rings. The fraction of sp³-hybridized carbons (Fsp3) is 0.355. The first-order valence-corrected chi connectivity index (χ1v) is 13.8. The molecule has 0 spiro atoms. The Hall–Kier alpha value is -3.05. The number of thioether (sulfide) groups is 1. The number of benzene rings is 3. The number of rotatable bonds is 6. The normalized spacial score (nSPS) is 22.8. The highest BCUT2D eigenvalue weighted by Crippen LogP contribution is 2.41. The second kappa shape index (κ2) is 10.9. The maximum absolute atomic E-state index is 13.9. The molecule has 3 aromatic carbocycles. The van der Waals surface area contributed by atoms with Crippen molar-refractivity contribution in [3.05, 3.63) is 77.2 Å². The topological polar surface area (TPSA) is 41.9 Å². The van der Waals surface area contributed by atoms with E-state index >= 15 is 0 Å². The van der Waals surface area contributed by atoms with Crippen LogP contribution in [0.1, 0.15) is 52.0 Å². The van der Waals surface area contributed by atoms with Crippen LogP contribution in [0, 0.1) is 11.8 Å². The minimum Gasteiger partial charge on any atom is -0.493 e. The van der Waals surface area contributed by atoms with Gasteiger partial charge in [0, 0.05) is 11.4 Å². The van der Waals surface area contributed by atoms with Gasteiger partial charge in [0.1, 0.15) is 5.75 Å². The predicted molar refractivity (Wildman–Crippen MR) is 152 cm³/mol. The number of aliphatic imine (C=N–C) groups is 1. The molecule has 1 saturated heterocycles. The van der Waals surface area contributed by atoms with E-state index in [-0.39, 0.29) is 11.9 Å². The lowest BCUT2D eigenvalue weighted by Gasteiger charge is -2.35. The smallest absolute Gasteiger partial charge is 0.267 e. The van der Waals surface area contributed by atoms with Crippen molar-refractivity contribution in [3.63, 3.8) is 0 Å². The van der Waals surface area contributed by atoms with Gasteiger partial charge >= 0.3 is 0 Å². The van der Waals surface area contributed by atoms with Crippen LogP contribution in [0.4, 0.5) is 5.69 Å². The van der Waals surface area contributed by atoms with Crippen molar-refractivity contribution in [2.75, 3.05) is 6.61 Å². The number of carbonyl (C=O) groups is 1. The lowest BCUT2D eigenvalue weighted by Crippen LogP contribution is -2.44. The second-order valence-corrected chi connectivity index (χ2v) is 11.3. The summed E-state index contributed by atoms with van der Waals surface area (Å²) in [7, 11) is 0. The molecule has 5 rings (SSSR count). The van der Waals surface area contributed by atoms with E-state index in [1.807, 2.05) is 59.5 Å². The van der Waals surface area contributed by atoms with E-state index in [9.17, 15) is 4.79 Å². The van der Waals surface area contributed by atoms with E-state index < -0.39 is 0 Å². The molecular weight excluding hydrogens is 464 g/mol.